The average molecular weight is 405 g/mol. The summed E-state index contributed by atoms with van der Waals surface area (Å²) in [6.07, 6.45) is 2.43. The van der Waals surface area contributed by atoms with Crippen molar-refractivity contribution in [2.45, 2.75) is 4.90 Å². The lowest BCUT2D eigenvalue weighted by Gasteiger charge is -2.14. The van der Waals surface area contributed by atoms with E-state index in [1.807, 2.05) is 0 Å². The van der Waals surface area contributed by atoms with Crippen molar-refractivity contribution in [1.82, 2.24) is 4.31 Å². The Bertz CT molecular complexity index is 1060. The lowest BCUT2D eigenvalue weighted by atomic mass is 10.2. The summed E-state index contributed by atoms with van der Waals surface area (Å²) >= 11 is 0. The molecule has 3 rings (SSSR count). The Labute approximate surface area is 161 Å². The highest BCUT2D eigenvalue weighted by Gasteiger charge is 2.40. The van der Waals surface area contributed by atoms with Gasteiger partial charge in [-0.05, 0) is 35.9 Å². The largest absolute Gasteiger partial charge is 0.494 e. The van der Waals surface area contributed by atoms with E-state index < -0.39 is 27.7 Å². The minimum atomic E-state index is -3.94. The van der Waals surface area contributed by atoms with E-state index in [0.717, 1.165) is 6.08 Å². The van der Waals surface area contributed by atoms with Crippen molar-refractivity contribution in [2.75, 3.05) is 20.3 Å². The van der Waals surface area contributed by atoms with Gasteiger partial charge < -0.3 is 9.47 Å². The van der Waals surface area contributed by atoms with Gasteiger partial charge >= 0.3 is 5.97 Å². The van der Waals surface area contributed by atoms with Gasteiger partial charge in [-0.15, -0.1) is 0 Å². The standard InChI is InChI=1S/C19H16FNO6S/c1-26-16-8-6-13(12-15(16)20)7-9-18(22)27-11-10-21-19(23)14-4-2-3-5-17(14)28(21,24)25/h2-9,12H,10-11H2,1H3/b9-7+. The normalized spacial score (nSPS) is 14.9. The van der Waals surface area contributed by atoms with E-state index in [1.54, 1.807) is 12.1 Å². The Morgan fingerprint density at radius 1 is 1.21 bits per heavy atom. The third-order valence-electron chi connectivity index (χ3n) is 4.04. The van der Waals surface area contributed by atoms with E-state index in [0.29, 0.717) is 9.87 Å². The van der Waals surface area contributed by atoms with Gasteiger partial charge in [-0.1, -0.05) is 18.2 Å². The highest BCUT2D eigenvalue weighted by Crippen LogP contribution is 2.29. The minimum absolute atomic E-state index is 0.0623. The maximum absolute atomic E-state index is 13.6. The highest BCUT2D eigenvalue weighted by molar-refractivity contribution is 7.90. The highest BCUT2D eigenvalue weighted by atomic mass is 32.2. The zero-order valence-corrected chi connectivity index (χ0v) is 15.6. The average Bonchev–Trinajstić information content (AvgIpc) is 2.87. The van der Waals surface area contributed by atoms with Crippen LogP contribution in [-0.2, 0) is 19.6 Å². The molecule has 1 aliphatic heterocycles. The number of benzene rings is 2. The fourth-order valence-corrected chi connectivity index (χ4v) is 4.23. The summed E-state index contributed by atoms with van der Waals surface area (Å²) in [5.41, 5.74) is 0.512. The van der Waals surface area contributed by atoms with Gasteiger partial charge in [-0.3, -0.25) is 4.79 Å². The number of esters is 1. The minimum Gasteiger partial charge on any atom is -0.494 e. The van der Waals surface area contributed by atoms with E-state index in [-0.39, 0.29) is 29.4 Å². The molecule has 0 aromatic heterocycles. The number of methoxy groups -OCH3 is 1. The first-order chi connectivity index (χ1) is 13.3. The molecule has 146 valence electrons. The van der Waals surface area contributed by atoms with Gasteiger partial charge in [0.05, 0.1) is 19.2 Å². The zero-order chi connectivity index (χ0) is 20.3. The van der Waals surface area contributed by atoms with Gasteiger partial charge in [0.2, 0.25) is 0 Å². The van der Waals surface area contributed by atoms with E-state index in [2.05, 4.69) is 0 Å². The molecular formula is C19H16FNO6S. The summed E-state index contributed by atoms with van der Waals surface area (Å²) < 4.78 is 48.8. The Morgan fingerprint density at radius 3 is 2.64 bits per heavy atom. The second-order valence-electron chi connectivity index (χ2n) is 5.77. The molecule has 0 N–H and O–H groups in total. The Morgan fingerprint density at radius 2 is 1.96 bits per heavy atom. The van der Waals surface area contributed by atoms with Crippen LogP contribution in [0.4, 0.5) is 4.39 Å². The molecular weight excluding hydrogens is 389 g/mol. The predicted octanol–water partition coefficient (Wildman–Crippen LogP) is 2.24. The molecule has 9 heteroatoms. The van der Waals surface area contributed by atoms with Crippen LogP contribution in [0.1, 0.15) is 15.9 Å². The van der Waals surface area contributed by atoms with Crippen molar-refractivity contribution in [3.8, 4) is 5.75 Å². The Kier molecular flexibility index (Phi) is 5.46. The predicted molar refractivity (Wildman–Crippen MR) is 97.6 cm³/mol. The monoisotopic (exact) mass is 405 g/mol. The van der Waals surface area contributed by atoms with Gasteiger partial charge in [0.25, 0.3) is 15.9 Å². The molecule has 7 nitrogen and oxygen atoms in total. The summed E-state index contributed by atoms with van der Waals surface area (Å²) in [4.78, 5) is 23.9. The van der Waals surface area contributed by atoms with Crippen molar-refractivity contribution in [3.63, 3.8) is 0 Å². The number of rotatable bonds is 6. The van der Waals surface area contributed by atoms with Crippen LogP contribution in [0.15, 0.2) is 53.4 Å². The van der Waals surface area contributed by atoms with Gasteiger partial charge in [-0.25, -0.2) is 21.9 Å². The van der Waals surface area contributed by atoms with Crippen LogP contribution in [0, 0.1) is 5.82 Å². The van der Waals surface area contributed by atoms with Crippen LogP contribution in [0.5, 0.6) is 5.75 Å². The Balaban J connectivity index is 1.58. The van der Waals surface area contributed by atoms with Crippen LogP contribution in [0.25, 0.3) is 6.08 Å². The summed E-state index contributed by atoms with van der Waals surface area (Å²) in [5, 5.41) is 0. The molecule has 2 aromatic rings. The van der Waals surface area contributed by atoms with Crippen molar-refractivity contribution >= 4 is 28.0 Å². The first-order valence-corrected chi connectivity index (χ1v) is 9.63. The number of hydrogen-bond donors (Lipinski definition) is 0. The number of sulfonamides is 1. The van der Waals surface area contributed by atoms with Crippen LogP contribution in [0.2, 0.25) is 0 Å². The lowest BCUT2D eigenvalue weighted by molar-refractivity contribution is -0.137. The molecule has 2 aromatic carbocycles. The smallest absolute Gasteiger partial charge is 0.330 e. The van der Waals surface area contributed by atoms with Gasteiger partial charge in [0.15, 0.2) is 11.6 Å². The van der Waals surface area contributed by atoms with E-state index in [9.17, 15) is 22.4 Å². The van der Waals surface area contributed by atoms with Crippen molar-refractivity contribution in [1.29, 1.82) is 0 Å². The quantitative estimate of drug-likeness (QED) is 0.541. The van der Waals surface area contributed by atoms with Gasteiger partial charge in [0.1, 0.15) is 11.5 Å². The second kappa shape index (κ2) is 7.81. The summed E-state index contributed by atoms with van der Waals surface area (Å²) in [7, 11) is -2.60. The third kappa shape index (κ3) is 3.74. The van der Waals surface area contributed by atoms with Crippen molar-refractivity contribution in [3.05, 3.63) is 65.5 Å². The van der Waals surface area contributed by atoms with E-state index in [4.69, 9.17) is 9.47 Å². The first-order valence-electron chi connectivity index (χ1n) is 8.19. The van der Waals surface area contributed by atoms with E-state index >= 15 is 0 Å². The topological polar surface area (TPSA) is 90.0 Å². The fourth-order valence-electron chi connectivity index (χ4n) is 2.68. The van der Waals surface area contributed by atoms with E-state index in [1.165, 1.54) is 43.5 Å². The van der Waals surface area contributed by atoms with Crippen molar-refractivity contribution in [2.24, 2.45) is 0 Å². The Hall–Kier alpha value is -3.20. The fraction of sp³-hybridized carbons (Fsp3) is 0.158. The molecule has 0 unspecified atom stereocenters. The SMILES string of the molecule is COc1ccc(/C=C/C(=O)OCCN2C(=O)c3ccccc3S2(=O)=O)cc1F. The molecule has 0 spiro atoms. The molecule has 0 radical (unpaired) electrons. The number of fused-ring (bicyclic) bond motifs is 1. The number of hydrogen-bond acceptors (Lipinski definition) is 6. The van der Waals surface area contributed by atoms with Crippen LogP contribution in [0.3, 0.4) is 0 Å². The number of carbonyl (C=O) groups is 2. The number of amides is 1. The molecule has 0 fully saturated rings. The van der Waals surface area contributed by atoms with Crippen LogP contribution in [-0.4, -0.2) is 44.9 Å². The molecule has 0 saturated carbocycles. The molecule has 0 bridgehead atoms. The third-order valence-corrected chi connectivity index (χ3v) is 5.88. The molecule has 1 aliphatic rings. The summed E-state index contributed by atoms with van der Waals surface area (Å²) in [6.45, 7) is -0.605. The summed E-state index contributed by atoms with van der Waals surface area (Å²) in [5.74, 6) is -1.90. The van der Waals surface area contributed by atoms with Gasteiger partial charge in [-0.2, -0.15) is 0 Å². The van der Waals surface area contributed by atoms with Crippen LogP contribution >= 0.6 is 0 Å². The summed E-state index contributed by atoms with van der Waals surface area (Å²) in [6, 6.07) is 10.0. The number of halogens is 1. The molecule has 1 amide bonds. The maximum Gasteiger partial charge on any atom is 0.330 e. The maximum atomic E-state index is 13.6. The van der Waals surface area contributed by atoms with Crippen LogP contribution < -0.4 is 4.74 Å². The number of carbonyl (C=O) groups excluding carboxylic acids is 2. The van der Waals surface area contributed by atoms with Crippen molar-refractivity contribution < 1.29 is 31.9 Å². The van der Waals surface area contributed by atoms with Gasteiger partial charge in [0, 0.05) is 6.08 Å². The number of ether oxygens (including phenoxy) is 2. The molecule has 0 saturated heterocycles. The molecule has 0 aliphatic carbocycles. The second-order valence-corrected chi connectivity index (χ2v) is 7.60. The first kappa shape index (κ1) is 19.6. The molecule has 28 heavy (non-hydrogen) atoms. The lowest BCUT2D eigenvalue weighted by Crippen LogP contribution is -2.33. The number of nitrogens with zero attached hydrogens (tertiary/aromatic N) is 1. The zero-order valence-electron chi connectivity index (χ0n) is 14.8. The molecule has 1 heterocycles. The molecule has 0 atom stereocenters.